The molecule has 0 radical (unpaired) electrons. The van der Waals surface area contributed by atoms with Crippen LogP contribution in [0.25, 0.3) is 22.5 Å². The highest BCUT2D eigenvalue weighted by Gasteiger charge is 2.29. The maximum atomic E-state index is 12.5. The van der Waals surface area contributed by atoms with Gasteiger partial charge in [0.15, 0.2) is 0 Å². The lowest BCUT2D eigenvalue weighted by Gasteiger charge is -2.16. The van der Waals surface area contributed by atoms with Gasteiger partial charge in [0.05, 0.1) is 11.4 Å². The lowest BCUT2D eigenvalue weighted by atomic mass is 9.89. The molecular formula is C20H18N4O. The minimum absolute atomic E-state index is 0.00652. The van der Waals surface area contributed by atoms with Gasteiger partial charge in [-0.15, -0.1) is 0 Å². The van der Waals surface area contributed by atoms with E-state index in [0.717, 1.165) is 66.1 Å². The molecule has 5 heteroatoms. The molecule has 3 aromatic rings. The molecule has 0 saturated carbocycles. The van der Waals surface area contributed by atoms with Gasteiger partial charge in [-0.05, 0) is 30.9 Å². The Labute approximate surface area is 145 Å². The van der Waals surface area contributed by atoms with E-state index in [1.807, 2.05) is 29.1 Å². The number of nitrogens with one attached hydrogen (secondary N) is 1. The summed E-state index contributed by atoms with van der Waals surface area (Å²) >= 11 is 0. The van der Waals surface area contributed by atoms with Crippen molar-refractivity contribution in [2.45, 2.75) is 25.8 Å². The zero-order valence-corrected chi connectivity index (χ0v) is 13.8. The first kappa shape index (κ1) is 14.4. The van der Waals surface area contributed by atoms with Crippen LogP contribution in [0.4, 0.5) is 0 Å². The molecule has 124 valence electrons. The molecule has 0 unspecified atom stereocenters. The van der Waals surface area contributed by atoms with E-state index < -0.39 is 0 Å². The molecule has 1 aromatic carbocycles. The second kappa shape index (κ2) is 5.55. The van der Waals surface area contributed by atoms with Gasteiger partial charge >= 0.3 is 0 Å². The summed E-state index contributed by atoms with van der Waals surface area (Å²) in [6.45, 7) is 1.50. The lowest BCUT2D eigenvalue weighted by Crippen LogP contribution is -2.24. The highest BCUT2D eigenvalue weighted by atomic mass is 16.2. The third-order valence-corrected chi connectivity index (χ3v) is 5.05. The predicted octanol–water partition coefficient (Wildman–Crippen LogP) is 2.84. The fourth-order valence-electron chi connectivity index (χ4n) is 3.81. The molecule has 2 aliphatic rings. The van der Waals surface area contributed by atoms with Gasteiger partial charge < -0.3 is 5.32 Å². The van der Waals surface area contributed by atoms with Crippen LogP contribution in [0, 0.1) is 0 Å². The second-order valence-electron chi connectivity index (χ2n) is 6.60. The van der Waals surface area contributed by atoms with Crippen LogP contribution in [-0.4, -0.2) is 27.2 Å². The SMILES string of the molecule is O=C1NCCCn2nc3c(c21)CCc1cnc(-c2ccccc2)cc1-3. The number of carbonyl (C=O) groups is 1. The fourth-order valence-corrected chi connectivity index (χ4v) is 3.81. The van der Waals surface area contributed by atoms with Crippen molar-refractivity contribution in [2.24, 2.45) is 0 Å². The smallest absolute Gasteiger partial charge is 0.269 e. The minimum Gasteiger partial charge on any atom is -0.351 e. The van der Waals surface area contributed by atoms with Gasteiger partial charge in [-0.3, -0.25) is 14.5 Å². The van der Waals surface area contributed by atoms with Crippen LogP contribution in [0.2, 0.25) is 0 Å². The Bertz CT molecular complexity index is 975. The number of nitrogens with zero attached hydrogens (tertiary/aromatic N) is 3. The minimum atomic E-state index is 0.00652. The van der Waals surface area contributed by atoms with Crippen molar-refractivity contribution in [1.29, 1.82) is 0 Å². The Morgan fingerprint density at radius 3 is 2.88 bits per heavy atom. The summed E-state index contributed by atoms with van der Waals surface area (Å²) in [5.41, 5.74) is 7.14. The molecule has 1 amide bonds. The van der Waals surface area contributed by atoms with Gasteiger partial charge in [0.2, 0.25) is 0 Å². The summed E-state index contributed by atoms with van der Waals surface area (Å²) in [5, 5.41) is 7.79. The summed E-state index contributed by atoms with van der Waals surface area (Å²) in [4.78, 5) is 17.1. The monoisotopic (exact) mass is 330 g/mol. The highest BCUT2D eigenvalue weighted by Crippen LogP contribution is 2.36. The summed E-state index contributed by atoms with van der Waals surface area (Å²) in [6.07, 6.45) is 4.62. The second-order valence-corrected chi connectivity index (χ2v) is 6.60. The van der Waals surface area contributed by atoms with Gasteiger partial charge in [-0.2, -0.15) is 5.10 Å². The quantitative estimate of drug-likeness (QED) is 0.746. The average molecular weight is 330 g/mol. The lowest BCUT2D eigenvalue weighted by molar-refractivity contribution is 0.0949. The number of rotatable bonds is 1. The van der Waals surface area contributed by atoms with Crippen LogP contribution in [-0.2, 0) is 19.4 Å². The van der Waals surface area contributed by atoms with E-state index in [4.69, 9.17) is 5.10 Å². The van der Waals surface area contributed by atoms with Crippen LogP contribution in [0.15, 0.2) is 42.6 Å². The summed E-state index contributed by atoms with van der Waals surface area (Å²) in [7, 11) is 0. The van der Waals surface area contributed by atoms with Crippen molar-refractivity contribution < 1.29 is 4.79 Å². The Morgan fingerprint density at radius 1 is 1.12 bits per heavy atom. The van der Waals surface area contributed by atoms with Crippen molar-refractivity contribution in [2.75, 3.05) is 6.54 Å². The Hall–Kier alpha value is -2.95. The van der Waals surface area contributed by atoms with Gasteiger partial charge in [0.1, 0.15) is 5.69 Å². The Morgan fingerprint density at radius 2 is 2.00 bits per heavy atom. The maximum absolute atomic E-state index is 12.5. The number of hydrogen-bond acceptors (Lipinski definition) is 3. The van der Waals surface area contributed by atoms with E-state index in [-0.39, 0.29) is 5.91 Å². The predicted molar refractivity (Wildman–Crippen MR) is 95.3 cm³/mol. The zero-order chi connectivity index (χ0) is 16.8. The van der Waals surface area contributed by atoms with E-state index in [1.165, 1.54) is 5.56 Å². The average Bonchev–Trinajstić information content (AvgIpc) is 2.94. The number of amides is 1. The number of aryl methyl sites for hydroxylation is 2. The number of carbonyl (C=O) groups excluding carboxylic acids is 1. The van der Waals surface area contributed by atoms with Gasteiger partial charge in [0, 0.05) is 36.0 Å². The van der Waals surface area contributed by atoms with Gasteiger partial charge in [-0.1, -0.05) is 30.3 Å². The van der Waals surface area contributed by atoms with Crippen LogP contribution < -0.4 is 5.32 Å². The molecule has 0 spiro atoms. The van der Waals surface area contributed by atoms with E-state index >= 15 is 0 Å². The fraction of sp³-hybridized carbons (Fsp3) is 0.250. The Balaban J connectivity index is 1.68. The molecule has 0 bridgehead atoms. The molecular weight excluding hydrogens is 312 g/mol. The molecule has 1 N–H and O–H groups in total. The van der Waals surface area contributed by atoms with Crippen molar-refractivity contribution in [1.82, 2.24) is 20.1 Å². The van der Waals surface area contributed by atoms with Crippen LogP contribution in [0.1, 0.15) is 28.0 Å². The van der Waals surface area contributed by atoms with Crippen LogP contribution in [0.5, 0.6) is 0 Å². The van der Waals surface area contributed by atoms with E-state index in [9.17, 15) is 4.79 Å². The van der Waals surface area contributed by atoms with E-state index in [1.54, 1.807) is 0 Å². The zero-order valence-electron chi connectivity index (χ0n) is 13.8. The molecule has 1 aliphatic carbocycles. The molecule has 1 aliphatic heterocycles. The first-order valence-electron chi connectivity index (χ1n) is 8.74. The van der Waals surface area contributed by atoms with Gasteiger partial charge in [0.25, 0.3) is 5.91 Å². The molecule has 5 rings (SSSR count). The van der Waals surface area contributed by atoms with Crippen molar-refractivity contribution in [3.8, 4) is 22.5 Å². The standard InChI is InChI=1S/C20H18N4O/c25-20-19-15-8-7-14-12-22-17(13-5-2-1-3-6-13)11-16(14)18(15)23-24(19)10-4-9-21-20/h1-3,5-6,11-12H,4,7-10H2,(H,21,25). The molecule has 25 heavy (non-hydrogen) atoms. The number of fused-ring (bicyclic) bond motifs is 5. The third kappa shape index (κ3) is 2.27. The number of benzene rings is 1. The number of pyridine rings is 1. The first-order chi connectivity index (χ1) is 12.3. The van der Waals surface area contributed by atoms with Crippen LogP contribution in [0.3, 0.4) is 0 Å². The maximum Gasteiger partial charge on any atom is 0.269 e. The first-order valence-corrected chi connectivity index (χ1v) is 8.74. The number of hydrogen-bond donors (Lipinski definition) is 1. The number of aromatic nitrogens is 3. The summed E-state index contributed by atoms with van der Waals surface area (Å²) in [5.74, 6) is 0.00652. The summed E-state index contributed by atoms with van der Waals surface area (Å²) in [6, 6.07) is 12.3. The molecule has 5 nitrogen and oxygen atoms in total. The summed E-state index contributed by atoms with van der Waals surface area (Å²) < 4.78 is 1.89. The van der Waals surface area contributed by atoms with Gasteiger partial charge in [-0.25, -0.2) is 0 Å². The normalized spacial score (nSPS) is 15.6. The van der Waals surface area contributed by atoms with Crippen LogP contribution >= 0.6 is 0 Å². The molecule has 0 atom stereocenters. The van der Waals surface area contributed by atoms with Crippen molar-refractivity contribution >= 4 is 5.91 Å². The largest absolute Gasteiger partial charge is 0.351 e. The van der Waals surface area contributed by atoms with Crippen molar-refractivity contribution in [3.63, 3.8) is 0 Å². The highest BCUT2D eigenvalue weighted by molar-refractivity contribution is 5.96. The van der Waals surface area contributed by atoms with E-state index in [2.05, 4.69) is 28.5 Å². The van der Waals surface area contributed by atoms with Crippen molar-refractivity contribution in [3.05, 3.63) is 59.4 Å². The third-order valence-electron chi connectivity index (χ3n) is 5.05. The molecule has 2 aromatic heterocycles. The molecule has 0 saturated heterocycles. The Kier molecular flexibility index (Phi) is 3.20. The topological polar surface area (TPSA) is 59.8 Å². The molecule has 0 fully saturated rings. The molecule has 3 heterocycles. The van der Waals surface area contributed by atoms with E-state index in [0.29, 0.717) is 0 Å².